The van der Waals surface area contributed by atoms with E-state index in [2.05, 4.69) is 24.6 Å². The molecule has 0 aliphatic heterocycles. The minimum Gasteiger partial charge on any atom is -0.377 e. The first kappa shape index (κ1) is 18.4. The fourth-order valence-corrected chi connectivity index (χ4v) is 4.60. The Bertz CT molecular complexity index is 685. The summed E-state index contributed by atoms with van der Waals surface area (Å²) >= 11 is 5.96. The Kier molecular flexibility index (Phi) is 5.81. The summed E-state index contributed by atoms with van der Waals surface area (Å²) in [7, 11) is -1.33. The smallest absolute Gasteiger partial charge is 0.186 e. The molecule has 1 aromatic carbocycles. The highest BCUT2D eigenvalue weighted by Crippen LogP contribution is 2.25. The summed E-state index contributed by atoms with van der Waals surface area (Å²) in [6.07, 6.45) is 0.0131. The molecule has 1 heterocycles. The van der Waals surface area contributed by atoms with Crippen LogP contribution in [0.25, 0.3) is 11.0 Å². The zero-order valence-electron chi connectivity index (χ0n) is 14.0. The van der Waals surface area contributed by atoms with E-state index >= 15 is 0 Å². The van der Waals surface area contributed by atoms with E-state index in [9.17, 15) is 8.78 Å². The number of imidazole rings is 1. The molecule has 7 heteroatoms. The second-order valence-electron chi connectivity index (χ2n) is 6.84. The molecule has 0 fully saturated rings. The van der Waals surface area contributed by atoms with E-state index in [0.29, 0.717) is 24.5 Å². The van der Waals surface area contributed by atoms with Gasteiger partial charge in [-0.25, -0.2) is 13.8 Å². The van der Waals surface area contributed by atoms with Crippen LogP contribution in [-0.4, -0.2) is 30.3 Å². The van der Waals surface area contributed by atoms with Crippen molar-refractivity contribution in [3.63, 3.8) is 0 Å². The summed E-state index contributed by atoms with van der Waals surface area (Å²) in [5, 5.41) is 0. The number of benzene rings is 1. The van der Waals surface area contributed by atoms with E-state index in [1.807, 2.05) is 11.5 Å². The number of hydrogen-bond acceptors (Lipinski definition) is 2. The molecule has 128 valence electrons. The summed E-state index contributed by atoms with van der Waals surface area (Å²) in [6, 6.07) is 3.66. The molecule has 2 rings (SSSR count). The Morgan fingerprint density at radius 2 is 2.00 bits per heavy atom. The SMILES string of the molecule is CCOC(Cn1c(CCl)nc2c(F)c(F)ccc21)C[Si](C)(C)C. The zero-order chi connectivity index (χ0) is 17.2. The molecule has 2 aromatic rings. The van der Waals surface area contributed by atoms with Gasteiger partial charge in [-0.1, -0.05) is 19.6 Å². The van der Waals surface area contributed by atoms with Crippen LogP contribution in [0, 0.1) is 11.6 Å². The van der Waals surface area contributed by atoms with Crippen molar-refractivity contribution >= 4 is 30.7 Å². The van der Waals surface area contributed by atoms with E-state index in [-0.39, 0.29) is 17.5 Å². The third-order valence-electron chi connectivity index (χ3n) is 3.64. The maximum atomic E-state index is 14.0. The van der Waals surface area contributed by atoms with Crippen molar-refractivity contribution in [2.75, 3.05) is 6.61 Å². The Labute approximate surface area is 141 Å². The van der Waals surface area contributed by atoms with Crippen molar-refractivity contribution in [3.05, 3.63) is 29.6 Å². The maximum Gasteiger partial charge on any atom is 0.186 e. The number of nitrogens with zero attached hydrogens (tertiary/aromatic N) is 2. The highest BCUT2D eigenvalue weighted by atomic mass is 35.5. The lowest BCUT2D eigenvalue weighted by molar-refractivity contribution is 0.0634. The average Bonchev–Trinajstić information content (AvgIpc) is 2.80. The van der Waals surface area contributed by atoms with E-state index in [0.717, 1.165) is 12.1 Å². The van der Waals surface area contributed by atoms with Gasteiger partial charge in [0, 0.05) is 14.7 Å². The number of fused-ring (bicyclic) bond motifs is 1. The van der Waals surface area contributed by atoms with E-state index in [1.165, 1.54) is 0 Å². The lowest BCUT2D eigenvalue weighted by atomic mass is 10.3. The van der Waals surface area contributed by atoms with Crippen LogP contribution in [0.5, 0.6) is 0 Å². The molecule has 0 N–H and O–H groups in total. The first-order valence-electron chi connectivity index (χ1n) is 7.77. The van der Waals surface area contributed by atoms with E-state index in [1.54, 1.807) is 6.07 Å². The molecule has 0 bridgehead atoms. The predicted octanol–water partition coefficient (Wildman–Crippen LogP) is 4.80. The normalized spacial score (nSPS) is 13.7. The molecule has 1 atom stereocenters. The Hall–Kier alpha value is -0.983. The monoisotopic (exact) mass is 360 g/mol. The van der Waals surface area contributed by atoms with Crippen molar-refractivity contribution in [3.8, 4) is 0 Å². The molecule has 0 saturated heterocycles. The second-order valence-corrected chi connectivity index (χ2v) is 12.6. The summed E-state index contributed by atoms with van der Waals surface area (Å²) in [4.78, 5) is 4.17. The molecule has 0 aliphatic carbocycles. The van der Waals surface area contributed by atoms with E-state index < -0.39 is 19.7 Å². The van der Waals surface area contributed by atoms with Gasteiger partial charge in [0.15, 0.2) is 11.6 Å². The second kappa shape index (κ2) is 7.28. The van der Waals surface area contributed by atoms with Crippen LogP contribution in [0.2, 0.25) is 25.7 Å². The van der Waals surface area contributed by atoms with Crippen molar-refractivity contribution in [1.29, 1.82) is 0 Å². The fourth-order valence-electron chi connectivity index (χ4n) is 2.79. The van der Waals surface area contributed by atoms with Crippen LogP contribution >= 0.6 is 11.6 Å². The topological polar surface area (TPSA) is 27.1 Å². The largest absolute Gasteiger partial charge is 0.377 e. The molecule has 0 spiro atoms. The molecule has 1 aromatic heterocycles. The lowest BCUT2D eigenvalue weighted by Gasteiger charge is -2.25. The summed E-state index contributed by atoms with van der Waals surface area (Å²) in [5.74, 6) is -1.15. The Balaban J connectivity index is 2.42. The quantitative estimate of drug-likeness (QED) is 0.524. The number of alkyl halides is 1. The Morgan fingerprint density at radius 3 is 2.57 bits per heavy atom. The van der Waals surface area contributed by atoms with Crippen LogP contribution < -0.4 is 0 Å². The van der Waals surface area contributed by atoms with Gasteiger partial charge >= 0.3 is 0 Å². The number of aromatic nitrogens is 2. The standard InChI is InChI=1S/C16H23ClF2N2OSi/c1-5-22-11(10-23(2,3)4)9-21-13-7-6-12(18)15(19)16(13)20-14(21)8-17/h6-7,11H,5,8-10H2,1-4H3. The zero-order valence-corrected chi connectivity index (χ0v) is 15.8. The van der Waals surface area contributed by atoms with Crippen molar-refractivity contribution in [1.82, 2.24) is 9.55 Å². The van der Waals surface area contributed by atoms with Crippen LogP contribution in [0.15, 0.2) is 12.1 Å². The fraction of sp³-hybridized carbons (Fsp3) is 0.562. The molecule has 0 radical (unpaired) electrons. The van der Waals surface area contributed by atoms with Crippen LogP contribution in [0.3, 0.4) is 0 Å². The Morgan fingerprint density at radius 1 is 1.30 bits per heavy atom. The minimum atomic E-state index is -1.33. The number of hydrogen-bond donors (Lipinski definition) is 0. The molecular weight excluding hydrogens is 338 g/mol. The summed E-state index contributed by atoms with van der Waals surface area (Å²) < 4.78 is 35.1. The molecular formula is C16H23ClF2N2OSi. The number of rotatable bonds is 7. The summed E-state index contributed by atoms with van der Waals surface area (Å²) in [6.45, 7) is 9.96. The van der Waals surface area contributed by atoms with Crippen molar-refractivity contribution in [2.24, 2.45) is 0 Å². The molecule has 0 amide bonds. The predicted molar refractivity (Wildman–Crippen MR) is 92.8 cm³/mol. The molecule has 0 saturated carbocycles. The number of halogens is 3. The molecule has 0 aliphatic rings. The van der Waals surface area contributed by atoms with Crippen molar-refractivity contribution in [2.45, 2.75) is 51.1 Å². The van der Waals surface area contributed by atoms with Crippen molar-refractivity contribution < 1.29 is 13.5 Å². The molecule has 23 heavy (non-hydrogen) atoms. The van der Waals surface area contributed by atoms with Gasteiger partial charge in [0.1, 0.15) is 11.3 Å². The van der Waals surface area contributed by atoms with Gasteiger partial charge in [0.25, 0.3) is 0 Å². The van der Waals surface area contributed by atoms with Crippen LogP contribution in [0.1, 0.15) is 12.7 Å². The van der Waals surface area contributed by atoms with Gasteiger partial charge in [0.2, 0.25) is 0 Å². The minimum absolute atomic E-state index is 0.0131. The highest BCUT2D eigenvalue weighted by Gasteiger charge is 2.24. The first-order valence-corrected chi connectivity index (χ1v) is 12.0. The van der Waals surface area contributed by atoms with Crippen LogP contribution in [0.4, 0.5) is 8.78 Å². The third kappa shape index (κ3) is 4.31. The van der Waals surface area contributed by atoms with Gasteiger partial charge in [0.05, 0.1) is 24.0 Å². The number of ether oxygens (including phenoxy) is 1. The lowest BCUT2D eigenvalue weighted by Crippen LogP contribution is -2.32. The van der Waals surface area contributed by atoms with Gasteiger partial charge in [-0.05, 0) is 25.1 Å². The van der Waals surface area contributed by atoms with Gasteiger partial charge < -0.3 is 9.30 Å². The maximum absolute atomic E-state index is 14.0. The van der Waals surface area contributed by atoms with Gasteiger partial charge in [-0.3, -0.25) is 0 Å². The summed E-state index contributed by atoms with van der Waals surface area (Å²) in [5.41, 5.74) is 0.587. The molecule has 3 nitrogen and oxygen atoms in total. The average molecular weight is 361 g/mol. The first-order chi connectivity index (χ1) is 10.8. The van der Waals surface area contributed by atoms with Gasteiger partial charge in [-0.15, -0.1) is 11.6 Å². The molecule has 1 unspecified atom stereocenters. The van der Waals surface area contributed by atoms with Gasteiger partial charge in [-0.2, -0.15) is 0 Å². The van der Waals surface area contributed by atoms with Crippen LogP contribution in [-0.2, 0) is 17.2 Å². The third-order valence-corrected chi connectivity index (χ3v) is 5.56. The van der Waals surface area contributed by atoms with E-state index in [4.69, 9.17) is 16.3 Å². The highest BCUT2D eigenvalue weighted by molar-refractivity contribution is 6.76.